The number of carboxylic acid groups (broad SMARTS) is 1. The van der Waals surface area contributed by atoms with Gasteiger partial charge in [-0.25, -0.2) is 9.18 Å². The predicted molar refractivity (Wildman–Crippen MR) is 96.8 cm³/mol. The number of halogens is 1. The molecule has 3 aromatic rings. The van der Waals surface area contributed by atoms with Crippen LogP contribution >= 0.6 is 0 Å². The number of anilines is 1. The van der Waals surface area contributed by atoms with Crippen LogP contribution in [0.4, 0.5) is 14.9 Å². The molecule has 2 aromatic carbocycles. The molecule has 0 atom stereocenters. The lowest BCUT2D eigenvalue weighted by atomic mass is 10.2. The van der Waals surface area contributed by atoms with Gasteiger partial charge < -0.3 is 5.11 Å². The topological polar surface area (TPSA) is 98.3 Å². The Balaban J connectivity index is 1.61. The van der Waals surface area contributed by atoms with Gasteiger partial charge in [0, 0.05) is 6.07 Å². The third-order valence-electron chi connectivity index (χ3n) is 4.46. The normalized spacial score (nSPS) is 12.5. The van der Waals surface area contributed by atoms with E-state index < -0.39 is 11.9 Å². The Kier molecular flexibility index (Phi) is 4.37. The fourth-order valence-electron chi connectivity index (χ4n) is 3.07. The van der Waals surface area contributed by atoms with Crippen LogP contribution in [0.3, 0.4) is 0 Å². The fourth-order valence-corrected chi connectivity index (χ4v) is 3.07. The van der Waals surface area contributed by atoms with E-state index in [0.29, 0.717) is 24.5 Å². The second kappa shape index (κ2) is 7.00. The lowest BCUT2D eigenvalue weighted by molar-refractivity contribution is 0.201. The zero-order chi connectivity index (χ0) is 19.7. The standard InChI is InChI=1S/C19H15FN6O2/c20-15-8-14(25(19(27)28)9-13-4-2-1-3-5-13)6-7-18(15)26-22-16-10-24(12-21)11-17(16)23-26/h1-8H,9-11H2,(H,27,28). The molecule has 0 unspecified atom stereocenters. The smallest absolute Gasteiger partial charge is 0.412 e. The molecule has 1 aromatic heterocycles. The van der Waals surface area contributed by atoms with Crippen molar-refractivity contribution in [3.8, 4) is 11.9 Å². The maximum atomic E-state index is 14.7. The first kappa shape index (κ1) is 17.5. The largest absolute Gasteiger partial charge is 0.465 e. The van der Waals surface area contributed by atoms with Crippen molar-refractivity contribution >= 4 is 11.8 Å². The molecule has 0 saturated heterocycles. The van der Waals surface area contributed by atoms with Crippen LogP contribution in [0.2, 0.25) is 0 Å². The van der Waals surface area contributed by atoms with Gasteiger partial charge in [0.15, 0.2) is 12.0 Å². The summed E-state index contributed by atoms with van der Waals surface area (Å²) in [6.45, 7) is 0.790. The maximum Gasteiger partial charge on any atom is 0.412 e. The number of hydrogen-bond donors (Lipinski definition) is 1. The van der Waals surface area contributed by atoms with Crippen LogP contribution in [0.15, 0.2) is 48.5 Å². The van der Waals surface area contributed by atoms with E-state index >= 15 is 0 Å². The molecule has 0 saturated carbocycles. The minimum absolute atomic E-state index is 0.104. The molecule has 9 heteroatoms. The molecular weight excluding hydrogens is 363 g/mol. The molecule has 28 heavy (non-hydrogen) atoms. The van der Waals surface area contributed by atoms with Gasteiger partial charge in [0.1, 0.15) is 17.1 Å². The molecule has 0 fully saturated rings. The summed E-state index contributed by atoms with van der Waals surface area (Å²) in [5.74, 6) is -0.636. The molecule has 1 amide bonds. The third kappa shape index (κ3) is 3.23. The molecule has 0 radical (unpaired) electrons. The number of rotatable bonds is 4. The van der Waals surface area contributed by atoms with Crippen LogP contribution in [0, 0.1) is 17.3 Å². The highest BCUT2D eigenvalue weighted by Gasteiger charge is 2.25. The van der Waals surface area contributed by atoms with Gasteiger partial charge in [-0.05, 0) is 17.7 Å². The van der Waals surface area contributed by atoms with E-state index in [1.807, 2.05) is 24.4 Å². The van der Waals surface area contributed by atoms with Gasteiger partial charge in [-0.2, -0.15) is 15.5 Å². The molecular formula is C19H15FN6O2. The quantitative estimate of drug-likeness (QED) is 0.701. The summed E-state index contributed by atoms with van der Waals surface area (Å²) < 4.78 is 14.7. The highest BCUT2D eigenvalue weighted by Crippen LogP contribution is 2.24. The fraction of sp³-hybridized carbons (Fsp3) is 0.158. The summed E-state index contributed by atoms with van der Waals surface area (Å²) in [6, 6.07) is 13.2. The van der Waals surface area contributed by atoms with E-state index in [1.54, 1.807) is 12.1 Å². The number of nitrogens with zero attached hydrogens (tertiary/aromatic N) is 6. The maximum absolute atomic E-state index is 14.7. The van der Waals surface area contributed by atoms with Crippen LogP contribution in [0.25, 0.3) is 5.69 Å². The Bertz CT molecular complexity index is 1050. The summed E-state index contributed by atoms with van der Waals surface area (Å²) >= 11 is 0. The molecule has 0 bridgehead atoms. The van der Waals surface area contributed by atoms with Crippen LogP contribution in [0.1, 0.15) is 17.0 Å². The van der Waals surface area contributed by atoms with Gasteiger partial charge in [-0.3, -0.25) is 9.80 Å². The van der Waals surface area contributed by atoms with E-state index in [2.05, 4.69) is 10.2 Å². The summed E-state index contributed by atoms with van der Waals surface area (Å²) in [5, 5.41) is 26.9. The van der Waals surface area contributed by atoms with E-state index in [9.17, 15) is 14.3 Å². The Morgan fingerprint density at radius 2 is 1.86 bits per heavy atom. The summed E-state index contributed by atoms with van der Waals surface area (Å²) in [6.07, 6.45) is 0.850. The third-order valence-corrected chi connectivity index (χ3v) is 4.46. The monoisotopic (exact) mass is 378 g/mol. The predicted octanol–water partition coefficient (Wildman–Crippen LogP) is 2.89. The number of fused-ring (bicyclic) bond motifs is 1. The first-order valence-corrected chi connectivity index (χ1v) is 8.49. The van der Waals surface area contributed by atoms with Crippen molar-refractivity contribution < 1.29 is 14.3 Å². The molecule has 1 aliphatic rings. The van der Waals surface area contributed by atoms with Crippen molar-refractivity contribution in [1.82, 2.24) is 19.9 Å². The van der Waals surface area contributed by atoms with Crippen LogP contribution in [-0.2, 0) is 19.6 Å². The summed E-state index contributed by atoms with van der Waals surface area (Å²) in [7, 11) is 0. The zero-order valence-electron chi connectivity index (χ0n) is 14.7. The van der Waals surface area contributed by atoms with E-state index in [-0.39, 0.29) is 17.9 Å². The first-order chi connectivity index (χ1) is 13.5. The van der Waals surface area contributed by atoms with Crippen molar-refractivity contribution in [2.75, 3.05) is 4.90 Å². The Morgan fingerprint density at radius 1 is 1.18 bits per heavy atom. The van der Waals surface area contributed by atoms with Gasteiger partial charge in [0.2, 0.25) is 0 Å². The van der Waals surface area contributed by atoms with E-state index in [1.165, 1.54) is 21.8 Å². The van der Waals surface area contributed by atoms with Crippen molar-refractivity contribution in [1.29, 1.82) is 5.26 Å². The average molecular weight is 378 g/mol. The van der Waals surface area contributed by atoms with Gasteiger partial charge in [0.25, 0.3) is 0 Å². The van der Waals surface area contributed by atoms with Gasteiger partial charge in [0.05, 0.1) is 25.3 Å². The van der Waals surface area contributed by atoms with Crippen LogP contribution in [0.5, 0.6) is 0 Å². The molecule has 1 N–H and O–H groups in total. The van der Waals surface area contributed by atoms with Crippen molar-refractivity contribution in [3.63, 3.8) is 0 Å². The number of benzene rings is 2. The lowest BCUT2D eigenvalue weighted by Crippen LogP contribution is -2.28. The second-order valence-electron chi connectivity index (χ2n) is 6.33. The molecule has 0 aliphatic carbocycles. The SMILES string of the molecule is N#CN1Cc2nn(-c3ccc(N(Cc4ccccc4)C(=O)O)cc3F)nc2C1. The molecule has 1 aliphatic heterocycles. The van der Waals surface area contributed by atoms with E-state index in [4.69, 9.17) is 5.26 Å². The number of nitriles is 1. The van der Waals surface area contributed by atoms with Gasteiger partial charge in [-0.15, -0.1) is 4.80 Å². The highest BCUT2D eigenvalue weighted by molar-refractivity contribution is 5.86. The average Bonchev–Trinajstić information content (AvgIpc) is 3.25. The van der Waals surface area contributed by atoms with Crippen molar-refractivity contribution in [2.24, 2.45) is 0 Å². The Morgan fingerprint density at radius 3 is 2.43 bits per heavy atom. The number of amides is 1. The Hall–Kier alpha value is -3.93. The van der Waals surface area contributed by atoms with Crippen molar-refractivity contribution in [3.05, 3.63) is 71.3 Å². The first-order valence-electron chi connectivity index (χ1n) is 8.49. The number of aromatic nitrogens is 3. The minimum Gasteiger partial charge on any atom is -0.465 e. The molecule has 2 heterocycles. The molecule has 8 nitrogen and oxygen atoms in total. The molecule has 4 rings (SSSR count). The van der Waals surface area contributed by atoms with Crippen molar-refractivity contribution in [2.45, 2.75) is 19.6 Å². The van der Waals surface area contributed by atoms with Gasteiger partial charge >= 0.3 is 6.09 Å². The summed E-state index contributed by atoms with van der Waals surface area (Å²) in [4.78, 5) is 15.4. The highest BCUT2D eigenvalue weighted by atomic mass is 19.1. The Labute approximate surface area is 159 Å². The molecule has 140 valence electrons. The number of hydrogen-bond acceptors (Lipinski definition) is 5. The van der Waals surface area contributed by atoms with Gasteiger partial charge in [-0.1, -0.05) is 30.3 Å². The zero-order valence-corrected chi connectivity index (χ0v) is 14.7. The minimum atomic E-state index is -1.18. The van der Waals surface area contributed by atoms with Crippen LogP contribution < -0.4 is 4.90 Å². The number of carbonyl (C=O) groups is 1. The second-order valence-corrected chi connectivity index (χ2v) is 6.33. The molecule has 0 spiro atoms. The summed E-state index contributed by atoms with van der Waals surface area (Å²) in [5.41, 5.74) is 2.38. The van der Waals surface area contributed by atoms with E-state index in [0.717, 1.165) is 16.5 Å². The lowest BCUT2D eigenvalue weighted by Gasteiger charge is -2.20. The van der Waals surface area contributed by atoms with Crippen LogP contribution in [-0.4, -0.2) is 31.1 Å².